The van der Waals surface area contributed by atoms with Crippen LogP contribution in [0.4, 0.5) is 4.39 Å². The molecule has 3 aromatic rings. The number of aryl methyl sites for hydroxylation is 1. The van der Waals surface area contributed by atoms with Gasteiger partial charge in [-0.3, -0.25) is 14.5 Å². The van der Waals surface area contributed by atoms with Gasteiger partial charge in [0.25, 0.3) is 0 Å². The molecular formula is C18H18FN5O. The van der Waals surface area contributed by atoms with Gasteiger partial charge in [-0.05, 0) is 29.8 Å². The third kappa shape index (κ3) is 4.06. The average molecular weight is 339 g/mol. The maximum Gasteiger partial charge on any atom is 0.225 e. The number of hydrogen-bond donors (Lipinski definition) is 0. The van der Waals surface area contributed by atoms with Crippen molar-refractivity contribution < 1.29 is 9.18 Å². The van der Waals surface area contributed by atoms with Crippen molar-refractivity contribution in [1.82, 2.24) is 24.6 Å². The van der Waals surface area contributed by atoms with E-state index in [1.54, 1.807) is 47.4 Å². The predicted octanol–water partition coefficient (Wildman–Crippen LogP) is 2.45. The first kappa shape index (κ1) is 16.8. The first-order valence-corrected chi connectivity index (χ1v) is 7.89. The van der Waals surface area contributed by atoms with Gasteiger partial charge in [-0.15, -0.1) is 0 Å². The molecule has 1 aromatic carbocycles. The Morgan fingerprint density at radius 2 is 2.16 bits per heavy atom. The Morgan fingerprint density at radius 3 is 2.84 bits per heavy atom. The van der Waals surface area contributed by atoms with Crippen molar-refractivity contribution in [3.05, 3.63) is 78.4 Å². The number of benzene rings is 1. The molecule has 6 nitrogen and oxygen atoms in total. The molecule has 2 aromatic heterocycles. The fraction of sp³-hybridized carbons (Fsp3) is 0.222. The van der Waals surface area contributed by atoms with Crippen LogP contribution in [0, 0.1) is 5.82 Å². The van der Waals surface area contributed by atoms with Gasteiger partial charge in [-0.25, -0.2) is 9.37 Å². The maximum atomic E-state index is 13.7. The molecule has 1 atom stereocenters. The van der Waals surface area contributed by atoms with Crippen molar-refractivity contribution in [2.45, 2.75) is 19.0 Å². The smallest absolute Gasteiger partial charge is 0.225 e. The average Bonchev–Trinajstić information content (AvgIpc) is 3.14. The van der Waals surface area contributed by atoms with E-state index in [0.717, 1.165) is 0 Å². The van der Waals surface area contributed by atoms with E-state index in [2.05, 4.69) is 15.1 Å². The summed E-state index contributed by atoms with van der Waals surface area (Å²) in [6, 6.07) is 11.3. The normalized spacial score (nSPS) is 11.9. The molecule has 0 aliphatic heterocycles. The quantitative estimate of drug-likeness (QED) is 0.692. The molecule has 0 spiro atoms. The summed E-state index contributed by atoms with van der Waals surface area (Å²) in [4.78, 5) is 22.5. The minimum absolute atomic E-state index is 0.0876. The highest BCUT2D eigenvalue weighted by Crippen LogP contribution is 2.27. The van der Waals surface area contributed by atoms with Crippen LogP contribution in [-0.4, -0.2) is 37.6 Å². The summed E-state index contributed by atoms with van der Waals surface area (Å²) < 4.78 is 15.3. The molecule has 0 aliphatic carbocycles. The van der Waals surface area contributed by atoms with Gasteiger partial charge in [-0.2, -0.15) is 5.10 Å². The second-order valence-electron chi connectivity index (χ2n) is 5.63. The standard InChI is InChI=1S/C18H18FN5O/c1-23(17(25)8-10-24-13-20-12-22-24)18(16-7-2-3-9-21-16)14-5-4-6-15(19)11-14/h2-7,9,11-13,18H,8,10H2,1H3/t18-/m1/s1. The van der Waals surface area contributed by atoms with E-state index in [0.29, 0.717) is 17.8 Å². The second-order valence-corrected chi connectivity index (χ2v) is 5.63. The zero-order chi connectivity index (χ0) is 17.6. The van der Waals surface area contributed by atoms with Gasteiger partial charge in [0.2, 0.25) is 5.91 Å². The molecule has 0 bridgehead atoms. The Morgan fingerprint density at radius 1 is 1.28 bits per heavy atom. The van der Waals surface area contributed by atoms with Crippen molar-refractivity contribution in [3.8, 4) is 0 Å². The number of amides is 1. The van der Waals surface area contributed by atoms with Crippen LogP contribution < -0.4 is 0 Å². The number of aromatic nitrogens is 4. The highest BCUT2D eigenvalue weighted by Gasteiger charge is 2.24. The van der Waals surface area contributed by atoms with E-state index in [9.17, 15) is 9.18 Å². The molecule has 7 heteroatoms. The maximum absolute atomic E-state index is 13.7. The van der Waals surface area contributed by atoms with Crippen LogP contribution in [-0.2, 0) is 11.3 Å². The number of pyridine rings is 1. The van der Waals surface area contributed by atoms with E-state index in [4.69, 9.17) is 0 Å². The second kappa shape index (κ2) is 7.65. The van der Waals surface area contributed by atoms with Gasteiger partial charge >= 0.3 is 0 Å². The third-order valence-corrected chi connectivity index (χ3v) is 3.93. The minimum Gasteiger partial charge on any atom is -0.333 e. The summed E-state index contributed by atoms with van der Waals surface area (Å²) in [6.07, 6.45) is 4.92. The Labute approximate surface area is 145 Å². The topological polar surface area (TPSA) is 63.9 Å². The number of carbonyl (C=O) groups is 1. The first-order valence-electron chi connectivity index (χ1n) is 7.89. The van der Waals surface area contributed by atoms with E-state index < -0.39 is 6.04 Å². The lowest BCUT2D eigenvalue weighted by Gasteiger charge is -2.28. The lowest BCUT2D eigenvalue weighted by atomic mass is 10.0. The van der Waals surface area contributed by atoms with Gasteiger partial charge < -0.3 is 4.90 Å². The molecule has 0 saturated heterocycles. The minimum atomic E-state index is -0.458. The van der Waals surface area contributed by atoms with E-state index >= 15 is 0 Å². The molecule has 0 N–H and O–H groups in total. The van der Waals surface area contributed by atoms with Crippen LogP contribution in [0.5, 0.6) is 0 Å². The van der Waals surface area contributed by atoms with Crippen LogP contribution in [0.15, 0.2) is 61.3 Å². The molecule has 128 valence electrons. The van der Waals surface area contributed by atoms with Gasteiger partial charge in [-0.1, -0.05) is 18.2 Å². The summed E-state index contributed by atoms with van der Waals surface area (Å²) in [5, 5.41) is 3.99. The van der Waals surface area contributed by atoms with Crippen LogP contribution in [0.2, 0.25) is 0 Å². The first-order chi connectivity index (χ1) is 12.1. The van der Waals surface area contributed by atoms with E-state index in [1.807, 2.05) is 12.1 Å². The van der Waals surface area contributed by atoms with Crippen molar-refractivity contribution in [2.75, 3.05) is 7.05 Å². The molecular weight excluding hydrogens is 321 g/mol. The van der Waals surface area contributed by atoms with Crippen LogP contribution in [0.25, 0.3) is 0 Å². The van der Waals surface area contributed by atoms with Crippen molar-refractivity contribution >= 4 is 5.91 Å². The molecule has 0 unspecified atom stereocenters. The van der Waals surface area contributed by atoms with Gasteiger partial charge in [0, 0.05) is 19.7 Å². The predicted molar refractivity (Wildman–Crippen MR) is 89.9 cm³/mol. The molecule has 2 heterocycles. The number of rotatable bonds is 6. The zero-order valence-corrected chi connectivity index (χ0v) is 13.8. The van der Waals surface area contributed by atoms with Gasteiger partial charge in [0.15, 0.2) is 0 Å². The lowest BCUT2D eigenvalue weighted by Crippen LogP contribution is -2.33. The van der Waals surface area contributed by atoms with Crippen LogP contribution >= 0.6 is 0 Å². The largest absolute Gasteiger partial charge is 0.333 e. The number of halogens is 1. The fourth-order valence-electron chi connectivity index (χ4n) is 2.69. The highest BCUT2D eigenvalue weighted by molar-refractivity contribution is 5.76. The van der Waals surface area contributed by atoms with Crippen molar-refractivity contribution in [1.29, 1.82) is 0 Å². The Hall–Kier alpha value is -3.09. The molecule has 25 heavy (non-hydrogen) atoms. The molecule has 1 amide bonds. The summed E-state index contributed by atoms with van der Waals surface area (Å²) in [5.74, 6) is -0.433. The van der Waals surface area contributed by atoms with Crippen LogP contribution in [0.1, 0.15) is 23.7 Å². The van der Waals surface area contributed by atoms with Gasteiger partial charge in [0.05, 0.1) is 18.3 Å². The summed E-state index contributed by atoms with van der Waals surface area (Å²) in [7, 11) is 1.70. The molecule has 0 radical (unpaired) electrons. The monoisotopic (exact) mass is 339 g/mol. The molecule has 0 saturated carbocycles. The SMILES string of the molecule is CN(C(=O)CCn1cncn1)[C@H](c1cccc(F)c1)c1ccccn1. The highest BCUT2D eigenvalue weighted by atomic mass is 19.1. The Bertz CT molecular complexity index is 823. The third-order valence-electron chi connectivity index (χ3n) is 3.93. The van der Waals surface area contributed by atoms with Crippen molar-refractivity contribution in [2.24, 2.45) is 0 Å². The zero-order valence-electron chi connectivity index (χ0n) is 13.8. The Balaban J connectivity index is 1.84. The summed E-state index contributed by atoms with van der Waals surface area (Å²) in [5.41, 5.74) is 1.36. The van der Waals surface area contributed by atoms with Crippen LogP contribution in [0.3, 0.4) is 0 Å². The molecule has 0 fully saturated rings. The molecule has 0 aliphatic rings. The fourth-order valence-corrected chi connectivity index (χ4v) is 2.69. The van der Waals surface area contributed by atoms with E-state index in [1.165, 1.54) is 18.5 Å². The lowest BCUT2D eigenvalue weighted by molar-refractivity contribution is -0.131. The number of carbonyl (C=O) groups excluding carboxylic acids is 1. The van der Waals surface area contributed by atoms with Gasteiger partial charge in [0.1, 0.15) is 18.5 Å². The van der Waals surface area contributed by atoms with E-state index in [-0.39, 0.29) is 18.1 Å². The molecule has 3 rings (SSSR count). The summed E-state index contributed by atoms with van der Waals surface area (Å²) in [6.45, 7) is 0.432. The number of hydrogen-bond acceptors (Lipinski definition) is 4. The summed E-state index contributed by atoms with van der Waals surface area (Å²) >= 11 is 0. The number of nitrogens with zero attached hydrogens (tertiary/aromatic N) is 5. The Kier molecular flexibility index (Phi) is 5.13. The van der Waals surface area contributed by atoms with Crippen molar-refractivity contribution in [3.63, 3.8) is 0 Å².